The molecule has 2 heterocycles. The Bertz CT molecular complexity index is 777. The highest BCUT2D eigenvalue weighted by molar-refractivity contribution is 7.73. The van der Waals surface area contributed by atoms with Crippen molar-refractivity contribution in [3.05, 3.63) is 33.8 Å². The lowest BCUT2D eigenvalue weighted by Gasteiger charge is -2.27. The van der Waals surface area contributed by atoms with E-state index in [2.05, 4.69) is 29.5 Å². The Kier molecular flexibility index (Phi) is 5.82. The van der Waals surface area contributed by atoms with E-state index in [9.17, 15) is 4.79 Å². The number of nitrogens with zero attached hydrogens (tertiary/aromatic N) is 2. The second kappa shape index (κ2) is 8.07. The van der Waals surface area contributed by atoms with Gasteiger partial charge in [0, 0.05) is 18.5 Å². The summed E-state index contributed by atoms with van der Waals surface area (Å²) >= 11 is 6.93. The van der Waals surface area contributed by atoms with Gasteiger partial charge in [0.05, 0.1) is 26.1 Å². The number of benzene rings is 1. The van der Waals surface area contributed by atoms with Crippen LogP contribution in [0.15, 0.2) is 24.3 Å². The summed E-state index contributed by atoms with van der Waals surface area (Å²) in [7, 11) is 1.46. The van der Waals surface area contributed by atoms with E-state index < -0.39 is 0 Å². The third-order valence-electron chi connectivity index (χ3n) is 4.51. The molecule has 2 aromatic rings. The normalized spacial score (nSPS) is 20.2. The highest BCUT2D eigenvalue weighted by Gasteiger charge is 2.28. The van der Waals surface area contributed by atoms with Gasteiger partial charge >= 0.3 is 5.97 Å². The Morgan fingerprint density at radius 1 is 1.40 bits per heavy atom. The van der Waals surface area contributed by atoms with Crippen LogP contribution >= 0.6 is 23.6 Å². The number of methoxy groups -OCH3 is 1. The van der Waals surface area contributed by atoms with Crippen LogP contribution in [0.2, 0.25) is 0 Å². The molecule has 134 valence electrons. The molecule has 0 bridgehead atoms. The molecule has 0 saturated carbocycles. The average molecular weight is 380 g/mol. The minimum Gasteiger partial charge on any atom is -0.469 e. The SMILES string of the molecule is COC(=O)C1CC[NH+](Cn2nc(Nc3ccc(C)cc3)sc2=S)CC1. The van der Waals surface area contributed by atoms with E-state index in [1.165, 1.54) is 28.9 Å². The maximum atomic E-state index is 11.6. The summed E-state index contributed by atoms with van der Waals surface area (Å²) in [6, 6.07) is 8.20. The van der Waals surface area contributed by atoms with Gasteiger partial charge in [-0.15, -0.1) is 5.10 Å². The number of anilines is 2. The number of carbonyl (C=O) groups is 1. The van der Waals surface area contributed by atoms with Crippen molar-refractivity contribution in [2.75, 3.05) is 25.5 Å². The van der Waals surface area contributed by atoms with Gasteiger partial charge in [-0.2, -0.15) is 4.68 Å². The number of carbonyl (C=O) groups excluding carboxylic acids is 1. The molecule has 25 heavy (non-hydrogen) atoms. The minimum absolute atomic E-state index is 0.0379. The summed E-state index contributed by atoms with van der Waals surface area (Å²) in [5, 5.41) is 8.71. The van der Waals surface area contributed by atoms with Crippen LogP contribution in [0.4, 0.5) is 10.8 Å². The van der Waals surface area contributed by atoms with E-state index in [-0.39, 0.29) is 11.9 Å². The second-order valence-corrected chi connectivity index (χ2v) is 7.99. The number of aryl methyl sites for hydroxylation is 1. The first-order chi connectivity index (χ1) is 12.0. The molecule has 8 heteroatoms. The maximum Gasteiger partial charge on any atom is 0.309 e. The molecule has 0 amide bonds. The third-order valence-corrected chi connectivity index (χ3v) is 5.73. The van der Waals surface area contributed by atoms with Crippen LogP contribution < -0.4 is 10.2 Å². The van der Waals surface area contributed by atoms with Crippen molar-refractivity contribution >= 4 is 40.3 Å². The van der Waals surface area contributed by atoms with Gasteiger partial charge in [0.2, 0.25) is 5.13 Å². The van der Waals surface area contributed by atoms with Crippen LogP contribution in [-0.4, -0.2) is 35.9 Å². The fourth-order valence-electron chi connectivity index (χ4n) is 3.02. The average Bonchev–Trinajstić information content (AvgIpc) is 2.96. The largest absolute Gasteiger partial charge is 0.469 e. The second-order valence-electron chi connectivity index (χ2n) is 6.37. The zero-order valence-corrected chi connectivity index (χ0v) is 16.1. The Hall–Kier alpha value is -1.77. The number of hydrogen-bond donors (Lipinski definition) is 2. The molecule has 1 saturated heterocycles. The van der Waals surface area contributed by atoms with E-state index in [0.717, 1.165) is 47.4 Å². The van der Waals surface area contributed by atoms with Crippen molar-refractivity contribution in [1.82, 2.24) is 9.78 Å². The number of esters is 1. The monoisotopic (exact) mass is 379 g/mol. The van der Waals surface area contributed by atoms with Gasteiger partial charge in [0.25, 0.3) is 0 Å². The summed E-state index contributed by atoms with van der Waals surface area (Å²) in [6.45, 7) is 4.66. The lowest BCUT2D eigenvalue weighted by Crippen LogP contribution is -3.12. The van der Waals surface area contributed by atoms with Gasteiger partial charge in [-0.05, 0) is 31.3 Å². The van der Waals surface area contributed by atoms with Crippen molar-refractivity contribution in [2.24, 2.45) is 5.92 Å². The van der Waals surface area contributed by atoms with E-state index >= 15 is 0 Å². The van der Waals surface area contributed by atoms with Crippen molar-refractivity contribution in [3.63, 3.8) is 0 Å². The Balaban J connectivity index is 1.59. The van der Waals surface area contributed by atoms with Crippen LogP contribution in [0.1, 0.15) is 18.4 Å². The standard InChI is InChI=1S/C17H22N4O2S2/c1-12-3-5-14(6-4-12)18-16-19-21(17(24)25-16)11-20-9-7-13(8-10-20)15(22)23-2/h3-6,13H,7-11H2,1-2H3,(H,18,19)/p+1. The van der Waals surface area contributed by atoms with Crippen LogP contribution in [0, 0.1) is 16.8 Å². The van der Waals surface area contributed by atoms with Gasteiger partial charge in [0.1, 0.15) is 0 Å². The van der Waals surface area contributed by atoms with Crippen molar-refractivity contribution in [3.8, 4) is 0 Å². The zero-order valence-electron chi connectivity index (χ0n) is 14.4. The van der Waals surface area contributed by atoms with Gasteiger partial charge in [-0.3, -0.25) is 4.79 Å². The number of aromatic nitrogens is 2. The number of ether oxygens (including phenoxy) is 1. The predicted molar refractivity (Wildman–Crippen MR) is 101 cm³/mol. The highest BCUT2D eigenvalue weighted by atomic mass is 32.1. The molecular formula is C17H23N4O2S2+. The predicted octanol–water partition coefficient (Wildman–Crippen LogP) is 2.15. The van der Waals surface area contributed by atoms with E-state index in [1.54, 1.807) is 0 Å². The smallest absolute Gasteiger partial charge is 0.309 e. The number of nitrogens with one attached hydrogen (secondary N) is 2. The molecule has 0 unspecified atom stereocenters. The van der Waals surface area contributed by atoms with Gasteiger partial charge in [0.15, 0.2) is 10.6 Å². The molecule has 1 aromatic carbocycles. The quantitative estimate of drug-likeness (QED) is 0.616. The fourth-order valence-corrected chi connectivity index (χ4v) is 4.04. The van der Waals surface area contributed by atoms with Crippen molar-refractivity contribution < 1.29 is 14.4 Å². The highest BCUT2D eigenvalue weighted by Crippen LogP contribution is 2.20. The lowest BCUT2D eigenvalue weighted by atomic mass is 9.97. The maximum absolute atomic E-state index is 11.6. The van der Waals surface area contributed by atoms with E-state index in [4.69, 9.17) is 17.0 Å². The lowest BCUT2D eigenvalue weighted by molar-refractivity contribution is -0.928. The molecule has 0 aliphatic carbocycles. The van der Waals surface area contributed by atoms with Crippen molar-refractivity contribution in [2.45, 2.75) is 26.4 Å². The summed E-state index contributed by atoms with van der Waals surface area (Å²) in [6.07, 6.45) is 1.71. The van der Waals surface area contributed by atoms with Crippen LogP contribution in [0.25, 0.3) is 0 Å². The minimum atomic E-state index is -0.0890. The van der Waals surface area contributed by atoms with Gasteiger partial charge in [-0.1, -0.05) is 29.0 Å². The number of likely N-dealkylation sites (tertiary alicyclic amines) is 1. The Labute approximate surface area is 156 Å². The topological polar surface area (TPSA) is 60.6 Å². The Morgan fingerprint density at radius 3 is 2.72 bits per heavy atom. The van der Waals surface area contributed by atoms with Crippen LogP contribution in [0.3, 0.4) is 0 Å². The summed E-state index contributed by atoms with van der Waals surface area (Å²) in [5.41, 5.74) is 2.23. The zero-order chi connectivity index (χ0) is 17.8. The van der Waals surface area contributed by atoms with Gasteiger partial charge in [-0.25, -0.2) is 0 Å². The Morgan fingerprint density at radius 2 is 2.08 bits per heavy atom. The summed E-state index contributed by atoms with van der Waals surface area (Å²) in [4.78, 5) is 13.0. The first kappa shape index (κ1) is 18.0. The number of piperidine rings is 1. The third kappa shape index (κ3) is 4.65. The van der Waals surface area contributed by atoms with Gasteiger partial charge < -0.3 is 15.0 Å². The molecule has 1 fully saturated rings. The van der Waals surface area contributed by atoms with Crippen LogP contribution in [0.5, 0.6) is 0 Å². The molecule has 1 aromatic heterocycles. The summed E-state index contributed by atoms with van der Waals surface area (Å²) in [5.74, 6) is -0.0511. The molecule has 0 radical (unpaired) electrons. The summed E-state index contributed by atoms with van der Waals surface area (Å²) < 4.78 is 7.48. The molecule has 0 spiro atoms. The molecule has 1 aliphatic rings. The molecule has 6 nitrogen and oxygen atoms in total. The van der Waals surface area contributed by atoms with E-state index in [0.29, 0.717) is 0 Å². The number of rotatable bonds is 5. The number of hydrogen-bond acceptors (Lipinski definition) is 6. The van der Waals surface area contributed by atoms with E-state index in [1.807, 2.05) is 16.8 Å². The molecular weight excluding hydrogens is 356 g/mol. The van der Waals surface area contributed by atoms with Crippen LogP contribution in [-0.2, 0) is 16.2 Å². The fraction of sp³-hybridized carbons (Fsp3) is 0.471. The number of quaternary nitrogens is 1. The molecule has 2 N–H and O–H groups in total. The first-order valence-corrected chi connectivity index (χ1v) is 9.60. The first-order valence-electron chi connectivity index (χ1n) is 8.38. The molecule has 0 atom stereocenters. The molecule has 3 rings (SSSR count). The van der Waals surface area contributed by atoms with Crippen molar-refractivity contribution in [1.29, 1.82) is 0 Å². The molecule has 1 aliphatic heterocycles.